The zero-order valence-corrected chi connectivity index (χ0v) is 22.1. The monoisotopic (exact) mass is 588 g/mol. The zero-order chi connectivity index (χ0) is 30.0. The van der Waals surface area contributed by atoms with E-state index in [0.717, 1.165) is 6.20 Å². The zero-order valence-electron chi connectivity index (χ0n) is 22.1. The molecule has 15 heteroatoms. The van der Waals surface area contributed by atoms with E-state index in [-0.39, 0.29) is 37.0 Å². The van der Waals surface area contributed by atoms with E-state index < -0.39 is 24.0 Å². The quantitative estimate of drug-likeness (QED) is 0.278. The Bertz CT molecular complexity index is 1850. The highest BCUT2D eigenvalue weighted by atomic mass is 19.4. The first-order valence-corrected chi connectivity index (χ1v) is 12.7. The number of hydrogen-bond acceptors (Lipinski definition) is 6. The largest absolute Gasteiger partial charge is 0.434 e. The van der Waals surface area contributed by atoms with Crippen molar-refractivity contribution in [2.45, 2.75) is 18.9 Å². The third-order valence-electron chi connectivity index (χ3n) is 7.28. The maximum atomic E-state index is 13.1. The minimum Gasteiger partial charge on any atom is -0.355 e. The third kappa shape index (κ3) is 4.77. The lowest BCUT2D eigenvalue weighted by atomic mass is 9.99. The standard InChI is InChI=1S/C27H22F6N8O/c1-38-14-20(27(31,32)33)36-22(38)16-7-5-15(6-8-16)11-41-24-19(39(2)25(41)42)10-35-21(37-24)18-4-3-9-34-23(18)40-12-17(13-40)26(28,29)30/h3-10,14,17H,11-13H2,1-2H3. The normalized spacial score (nSPS) is 14.5. The number of nitrogens with zero attached hydrogens (tertiary/aromatic N) is 8. The number of anilines is 1. The van der Waals surface area contributed by atoms with Gasteiger partial charge in [0.25, 0.3) is 0 Å². The SMILES string of the molecule is Cn1cc(C(F)(F)F)nc1-c1ccc(Cn2c(=O)n(C)c3cnc(-c4cccnc4N4CC(C(F)(F)F)C4)nc32)cc1. The van der Waals surface area contributed by atoms with E-state index in [2.05, 4.69) is 19.9 Å². The number of alkyl halides is 6. The average molecular weight is 589 g/mol. The Morgan fingerprint density at radius 2 is 1.67 bits per heavy atom. The Hall–Kier alpha value is -4.69. The van der Waals surface area contributed by atoms with Crippen molar-refractivity contribution in [1.29, 1.82) is 0 Å². The third-order valence-corrected chi connectivity index (χ3v) is 7.28. The lowest BCUT2D eigenvalue weighted by Crippen LogP contribution is -2.53. The first kappa shape index (κ1) is 27.5. The number of aromatic nitrogens is 7. The van der Waals surface area contributed by atoms with E-state index in [1.807, 2.05) is 0 Å². The molecular formula is C27H22F6N8O. The molecule has 0 atom stereocenters. The van der Waals surface area contributed by atoms with E-state index in [4.69, 9.17) is 0 Å². The van der Waals surface area contributed by atoms with Crippen molar-refractivity contribution < 1.29 is 26.3 Å². The molecule has 1 aliphatic heterocycles. The molecule has 0 aliphatic carbocycles. The van der Waals surface area contributed by atoms with Crippen LogP contribution in [-0.4, -0.2) is 52.9 Å². The van der Waals surface area contributed by atoms with Gasteiger partial charge < -0.3 is 9.47 Å². The van der Waals surface area contributed by atoms with Crippen molar-refractivity contribution in [3.63, 3.8) is 0 Å². The van der Waals surface area contributed by atoms with E-state index in [1.54, 1.807) is 43.4 Å². The summed E-state index contributed by atoms with van der Waals surface area (Å²) in [5, 5.41) is 0. The van der Waals surface area contributed by atoms with Gasteiger partial charge >= 0.3 is 18.0 Å². The number of rotatable bonds is 5. The molecule has 0 spiro atoms. The molecule has 218 valence electrons. The predicted molar refractivity (Wildman–Crippen MR) is 141 cm³/mol. The highest BCUT2D eigenvalue weighted by Gasteiger charge is 2.48. The maximum Gasteiger partial charge on any atom is 0.434 e. The summed E-state index contributed by atoms with van der Waals surface area (Å²) in [5.74, 6) is -0.776. The van der Waals surface area contributed by atoms with Crippen molar-refractivity contribution in [3.05, 3.63) is 76.7 Å². The van der Waals surface area contributed by atoms with Crippen LogP contribution in [-0.2, 0) is 26.8 Å². The van der Waals surface area contributed by atoms with Crippen LogP contribution in [0.1, 0.15) is 11.3 Å². The Morgan fingerprint density at radius 1 is 0.952 bits per heavy atom. The fourth-order valence-corrected chi connectivity index (χ4v) is 4.94. The van der Waals surface area contributed by atoms with Gasteiger partial charge in [0, 0.05) is 45.1 Å². The number of imidazole rings is 2. The van der Waals surface area contributed by atoms with Crippen molar-refractivity contribution >= 4 is 17.0 Å². The minimum absolute atomic E-state index is 0.0978. The number of hydrogen-bond donors (Lipinski definition) is 0. The Balaban J connectivity index is 1.31. The van der Waals surface area contributed by atoms with Crippen LogP contribution in [0.25, 0.3) is 33.9 Å². The van der Waals surface area contributed by atoms with Gasteiger partial charge in [-0.2, -0.15) is 26.3 Å². The van der Waals surface area contributed by atoms with Crippen LogP contribution in [0.5, 0.6) is 0 Å². The van der Waals surface area contributed by atoms with E-state index in [0.29, 0.717) is 33.7 Å². The molecule has 6 rings (SSSR count). The molecule has 0 unspecified atom stereocenters. The number of benzene rings is 1. The Labute approximate surface area is 233 Å². The number of pyridine rings is 1. The van der Waals surface area contributed by atoms with Crippen LogP contribution in [0.15, 0.2) is 59.8 Å². The van der Waals surface area contributed by atoms with Crippen LogP contribution in [0.3, 0.4) is 0 Å². The van der Waals surface area contributed by atoms with Crippen LogP contribution in [0.2, 0.25) is 0 Å². The fraction of sp³-hybridized carbons (Fsp3) is 0.296. The highest BCUT2D eigenvalue weighted by molar-refractivity contribution is 5.77. The van der Waals surface area contributed by atoms with Gasteiger partial charge in [-0.25, -0.2) is 24.7 Å². The molecule has 5 heterocycles. The topological polar surface area (TPSA) is 86.7 Å². The first-order chi connectivity index (χ1) is 19.8. The van der Waals surface area contributed by atoms with E-state index in [9.17, 15) is 31.1 Å². The van der Waals surface area contributed by atoms with Gasteiger partial charge in [0.15, 0.2) is 17.2 Å². The average Bonchev–Trinajstić information content (AvgIpc) is 3.41. The summed E-state index contributed by atoms with van der Waals surface area (Å²) in [6.45, 7) is -0.351. The molecule has 9 nitrogen and oxygen atoms in total. The van der Waals surface area contributed by atoms with E-state index >= 15 is 0 Å². The lowest BCUT2D eigenvalue weighted by molar-refractivity contribution is -0.180. The summed E-state index contributed by atoms with van der Waals surface area (Å²) in [6, 6.07) is 9.91. The van der Waals surface area contributed by atoms with Crippen LogP contribution >= 0.6 is 0 Å². The molecule has 0 saturated carbocycles. The second-order valence-electron chi connectivity index (χ2n) is 10.1. The summed E-state index contributed by atoms with van der Waals surface area (Å²) >= 11 is 0. The summed E-state index contributed by atoms with van der Waals surface area (Å²) in [4.78, 5) is 31.6. The van der Waals surface area contributed by atoms with Gasteiger partial charge in [0.2, 0.25) is 0 Å². The van der Waals surface area contributed by atoms with Crippen LogP contribution in [0.4, 0.5) is 32.2 Å². The van der Waals surface area contributed by atoms with Gasteiger partial charge in [0.1, 0.15) is 17.2 Å². The molecular weight excluding hydrogens is 566 g/mol. The minimum atomic E-state index is -4.57. The fourth-order valence-electron chi connectivity index (χ4n) is 4.94. The van der Waals surface area contributed by atoms with Gasteiger partial charge in [-0.05, 0) is 17.7 Å². The number of fused-ring (bicyclic) bond motifs is 1. The number of aryl methyl sites for hydroxylation is 2. The summed E-state index contributed by atoms with van der Waals surface area (Å²) in [7, 11) is 3.04. The molecule has 0 bridgehead atoms. The second-order valence-corrected chi connectivity index (χ2v) is 10.1. The predicted octanol–water partition coefficient (Wildman–Crippen LogP) is 4.66. The summed E-state index contributed by atoms with van der Waals surface area (Å²) in [6.07, 6.45) is -4.98. The molecule has 0 amide bonds. The van der Waals surface area contributed by atoms with Gasteiger partial charge in [-0.3, -0.25) is 9.13 Å². The van der Waals surface area contributed by atoms with Crippen LogP contribution in [0, 0.1) is 5.92 Å². The first-order valence-electron chi connectivity index (χ1n) is 12.7. The molecule has 5 aromatic rings. The highest BCUT2D eigenvalue weighted by Crippen LogP contribution is 2.38. The van der Waals surface area contributed by atoms with Crippen molar-refractivity contribution in [3.8, 4) is 22.8 Å². The second kappa shape index (κ2) is 9.70. The van der Waals surface area contributed by atoms with Crippen LogP contribution < -0.4 is 10.6 Å². The van der Waals surface area contributed by atoms with Crippen molar-refractivity contribution in [2.75, 3.05) is 18.0 Å². The molecule has 0 N–H and O–H groups in total. The molecule has 42 heavy (non-hydrogen) atoms. The summed E-state index contributed by atoms with van der Waals surface area (Å²) in [5.41, 5.74) is 0.964. The van der Waals surface area contributed by atoms with Crippen molar-refractivity contribution in [1.82, 2.24) is 33.6 Å². The summed E-state index contributed by atoms with van der Waals surface area (Å²) < 4.78 is 82.6. The molecule has 1 aliphatic rings. The lowest BCUT2D eigenvalue weighted by Gasteiger charge is -2.41. The number of halogens is 6. The maximum absolute atomic E-state index is 13.1. The van der Waals surface area contributed by atoms with Gasteiger partial charge in [-0.15, -0.1) is 0 Å². The van der Waals surface area contributed by atoms with E-state index in [1.165, 1.54) is 38.0 Å². The van der Waals surface area contributed by atoms with Gasteiger partial charge in [0.05, 0.1) is 24.2 Å². The Morgan fingerprint density at radius 3 is 2.31 bits per heavy atom. The van der Waals surface area contributed by atoms with Crippen molar-refractivity contribution in [2.24, 2.45) is 20.0 Å². The van der Waals surface area contributed by atoms with Gasteiger partial charge in [-0.1, -0.05) is 24.3 Å². The molecule has 1 saturated heterocycles. The molecule has 4 aromatic heterocycles. The molecule has 1 aromatic carbocycles. The molecule has 1 fully saturated rings. The molecule has 0 radical (unpaired) electrons. The smallest absolute Gasteiger partial charge is 0.355 e. The Kier molecular flexibility index (Phi) is 6.35.